The molecule has 1 aromatic carbocycles. The molecule has 0 atom stereocenters. The second-order valence-electron chi connectivity index (χ2n) is 5.36. The van der Waals surface area contributed by atoms with Gasteiger partial charge in [-0.25, -0.2) is 0 Å². The van der Waals surface area contributed by atoms with Crippen molar-refractivity contribution in [3.8, 4) is 0 Å². The second kappa shape index (κ2) is 7.68. The summed E-state index contributed by atoms with van der Waals surface area (Å²) in [5, 5.41) is 3.56. The lowest BCUT2D eigenvalue weighted by Gasteiger charge is -2.11. The molecule has 1 aliphatic carbocycles. The van der Waals surface area contributed by atoms with Crippen molar-refractivity contribution in [3.63, 3.8) is 0 Å². The Morgan fingerprint density at radius 2 is 2.06 bits per heavy atom. The zero-order valence-corrected chi connectivity index (χ0v) is 11.9. The standard InChI is InChI=1S/C16H24ClN/c17-11-4-8-15-7-3-9-16(13-15)18-12-10-14-5-1-2-6-14/h3,7,9,13-14,18H,1-2,4-6,8,10-12H2. The summed E-state index contributed by atoms with van der Waals surface area (Å²) < 4.78 is 0. The van der Waals surface area contributed by atoms with Crippen LogP contribution in [0.2, 0.25) is 0 Å². The number of anilines is 1. The maximum Gasteiger partial charge on any atom is 0.0342 e. The number of halogens is 1. The number of benzene rings is 1. The minimum atomic E-state index is 0.749. The van der Waals surface area contributed by atoms with Crippen molar-refractivity contribution in [2.75, 3.05) is 17.7 Å². The van der Waals surface area contributed by atoms with Gasteiger partial charge in [-0.2, -0.15) is 0 Å². The van der Waals surface area contributed by atoms with Crippen molar-refractivity contribution in [3.05, 3.63) is 29.8 Å². The first kappa shape index (κ1) is 13.7. The summed E-state index contributed by atoms with van der Waals surface area (Å²) in [5.41, 5.74) is 2.65. The average Bonchev–Trinajstić information content (AvgIpc) is 2.90. The van der Waals surface area contributed by atoms with Crippen LogP contribution in [0.15, 0.2) is 24.3 Å². The lowest BCUT2D eigenvalue weighted by Crippen LogP contribution is -2.06. The van der Waals surface area contributed by atoms with Crippen LogP contribution in [0.25, 0.3) is 0 Å². The molecular weight excluding hydrogens is 242 g/mol. The minimum Gasteiger partial charge on any atom is -0.385 e. The predicted octanol–water partition coefficient (Wildman–Crippen LogP) is 4.85. The Kier molecular flexibility index (Phi) is 5.86. The van der Waals surface area contributed by atoms with Crippen LogP contribution < -0.4 is 5.32 Å². The summed E-state index contributed by atoms with van der Waals surface area (Å²) in [4.78, 5) is 0. The van der Waals surface area contributed by atoms with Gasteiger partial charge in [-0.1, -0.05) is 37.8 Å². The highest BCUT2D eigenvalue weighted by molar-refractivity contribution is 6.17. The summed E-state index contributed by atoms with van der Waals surface area (Å²) in [7, 11) is 0. The van der Waals surface area contributed by atoms with Crippen molar-refractivity contribution < 1.29 is 0 Å². The van der Waals surface area contributed by atoms with E-state index in [1.807, 2.05) is 0 Å². The van der Waals surface area contributed by atoms with Gasteiger partial charge in [-0.15, -0.1) is 11.6 Å². The van der Waals surface area contributed by atoms with Crippen molar-refractivity contribution in [1.82, 2.24) is 0 Å². The maximum atomic E-state index is 5.73. The SMILES string of the molecule is ClCCCc1cccc(NCCC2CCCC2)c1. The van der Waals surface area contributed by atoms with E-state index in [4.69, 9.17) is 11.6 Å². The van der Waals surface area contributed by atoms with Gasteiger partial charge in [0.15, 0.2) is 0 Å². The first-order valence-electron chi connectivity index (χ1n) is 7.27. The summed E-state index contributed by atoms with van der Waals surface area (Å²) in [6, 6.07) is 8.76. The fourth-order valence-electron chi connectivity index (χ4n) is 2.83. The molecule has 0 unspecified atom stereocenters. The number of nitrogens with one attached hydrogen (secondary N) is 1. The van der Waals surface area contributed by atoms with E-state index in [-0.39, 0.29) is 0 Å². The monoisotopic (exact) mass is 265 g/mol. The molecule has 2 heteroatoms. The smallest absolute Gasteiger partial charge is 0.0342 e. The Morgan fingerprint density at radius 3 is 2.83 bits per heavy atom. The molecule has 1 saturated carbocycles. The number of aryl methyl sites for hydroxylation is 1. The van der Waals surface area contributed by atoms with E-state index in [0.29, 0.717) is 0 Å². The van der Waals surface area contributed by atoms with Crippen LogP contribution >= 0.6 is 11.6 Å². The van der Waals surface area contributed by atoms with Crippen molar-refractivity contribution >= 4 is 17.3 Å². The van der Waals surface area contributed by atoms with Gasteiger partial charge in [0.1, 0.15) is 0 Å². The second-order valence-corrected chi connectivity index (χ2v) is 5.74. The molecular formula is C16H24ClN. The van der Waals surface area contributed by atoms with Gasteiger partial charge in [0.25, 0.3) is 0 Å². The van der Waals surface area contributed by atoms with E-state index in [2.05, 4.69) is 29.6 Å². The highest BCUT2D eigenvalue weighted by Gasteiger charge is 2.13. The van der Waals surface area contributed by atoms with Crippen molar-refractivity contribution in [2.45, 2.75) is 44.9 Å². The van der Waals surface area contributed by atoms with Crippen LogP contribution in [0.1, 0.15) is 44.1 Å². The Labute approximate surface area is 116 Å². The summed E-state index contributed by atoms with van der Waals surface area (Å²) in [5.74, 6) is 1.72. The van der Waals surface area contributed by atoms with E-state index in [9.17, 15) is 0 Å². The molecule has 18 heavy (non-hydrogen) atoms. The van der Waals surface area contributed by atoms with Gasteiger partial charge < -0.3 is 5.32 Å². The van der Waals surface area contributed by atoms with Crippen LogP contribution in [0, 0.1) is 5.92 Å². The molecule has 1 fully saturated rings. The van der Waals surface area contributed by atoms with Gasteiger partial charge in [0.05, 0.1) is 0 Å². The number of hydrogen-bond acceptors (Lipinski definition) is 1. The van der Waals surface area contributed by atoms with Crippen molar-refractivity contribution in [2.24, 2.45) is 5.92 Å². The van der Waals surface area contributed by atoms with Gasteiger partial charge in [0.2, 0.25) is 0 Å². The summed E-state index contributed by atoms with van der Waals surface area (Å²) >= 11 is 5.73. The lowest BCUT2D eigenvalue weighted by atomic mass is 10.0. The molecule has 0 radical (unpaired) electrons. The lowest BCUT2D eigenvalue weighted by molar-refractivity contribution is 0.518. The van der Waals surface area contributed by atoms with E-state index in [1.54, 1.807) is 0 Å². The molecule has 1 aromatic rings. The molecule has 0 amide bonds. The third-order valence-electron chi connectivity index (χ3n) is 3.88. The first-order chi connectivity index (χ1) is 8.88. The van der Waals surface area contributed by atoms with Gasteiger partial charge in [-0.3, -0.25) is 0 Å². The fourth-order valence-corrected chi connectivity index (χ4v) is 2.96. The van der Waals surface area contributed by atoms with Crippen LogP contribution in [-0.4, -0.2) is 12.4 Å². The number of rotatable bonds is 7. The van der Waals surface area contributed by atoms with Crippen molar-refractivity contribution in [1.29, 1.82) is 0 Å². The van der Waals surface area contributed by atoms with Crippen LogP contribution in [0.4, 0.5) is 5.69 Å². The maximum absolute atomic E-state index is 5.73. The molecule has 0 aliphatic heterocycles. The third-order valence-corrected chi connectivity index (χ3v) is 4.15. The molecule has 0 aromatic heterocycles. The van der Waals surface area contributed by atoms with Crippen LogP contribution in [0.5, 0.6) is 0 Å². The van der Waals surface area contributed by atoms with Gasteiger partial charge >= 0.3 is 0 Å². The summed E-state index contributed by atoms with van der Waals surface area (Å²) in [6.45, 7) is 1.11. The highest BCUT2D eigenvalue weighted by atomic mass is 35.5. The van der Waals surface area contributed by atoms with E-state index in [0.717, 1.165) is 31.2 Å². The van der Waals surface area contributed by atoms with E-state index in [1.165, 1.54) is 43.4 Å². The molecule has 0 saturated heterocycles. The zero-order chi connectivity index (χ0) is 12.6. The van der Waals surface area contributed by atoms with Crippen LogP contribution in [0.3, 0.4) is 0 Å². The Morgan fingerprint density at radius 1 is 1.22 bits per heavy atom. The number of hydrogen-bond donors (Lipinski definition) is 1. The first-order valence-corrected chi connectivity index (χ1v) is 7.81. The van der Waals surface area contributed by atoms with E-state index >= 15 is 0 Å². The Bertz CT molecular complexity index is 345. The summed E-state index contributed by atoms with van der Waals surface area (Å²) in [6.07, 6.45) is 9.24. The zero-order valence-electron chi connectivity index (χ0n) is 11.1. The molecule has 0 bridgehead atoms. The van der Waals surface area contributed by atoms with E-state index < -0.39 is 0 Å². The quantitative estimate of drug-likeness (QED) is 0.695. The Balaban J connectivity index is 1.74. The molecule has 100 valence electrons. The molecule has 1 N–H and O–H groups in total. The number of alkyl halides is 1. The normalized spacial score (nSPS) is 16.1. The largest absolute Gasteiger partial charge is 0.385 e. The highest BCUT2D eigenvalue weighted by Crippen LogP contribution is 2.27. The van der Waals surface area contributed by atoms with Gasteiger partial charge in [0, 0.05) is 18.1 Å². The molecule has 2 rings (SSSR count). The molecule has 1 nitrogen and oxygen atoms in total. The van der Waals surface area contributed by atoms with Crippen LogP contribution in [-0.2, 0) is 6.42 Å². The minimum absolute atomic E-state index is 0.749. The molecule has 0 spiro atoms. The predicted molar refractivity (Wildman–Crippen MR) is 80.5 cm³/mol. The average molecular weight is 266 g/mol. The molecule has 0 heterocycles. The fraction of sp³-hybridized carbons (Fsp3) is 0.625. The van der Waals surface area contributed by atoms with Gasteiger partial charge in [-0.05, 0) is 42.9 Å². The third kappa shape index (κ3) is 4.53. The Hall–Kier alpha value is -0.690. The topological polar surface area (TPSA) is 12.0 Å². The molecule has 1 aliphatic rings.